The van der Waals surface area contributed by atoms with Crippen molar-refractivity contribution in [3.8, 4) is 0 Å². The Balaban J connectivity index is 0.795. The maximum absolute atomic E-state index is 3.43. The SMILES string of the molecule is C1CCC2C(C1)C(C1C3CCCCC3C(C3CCC(N4C5CCCCC5C5CCCCC54)C4CCCCC34)C3CCCCC31)CCC2N1C2CCCCC2C2CCCCC21. The van der Waals surface area contributed by atoms with Gasteiger partial charge in [0.05, 0.1) is 0 Å². The van der Waals surface area contributed by atoms with Gasteiger partial charge < -0.3 is 0 Å². The van der Waals surface area contributed by atoms with E-state index in [1.807, 2.05) is 0 Å². The van der Waals surface area contributed by atoms with Crippen LogP contribution in [0.25, 0.3) is 0 Å². The van der Waals surface area contributed by atoms with Gasteiger partial charge in [-0.25, -0.2) is 0 Å². The molecule has 0 amide bonds. The first-order chi connectivity index (χ1) is 29.8. The maximum atomic E-state index is 3.43. The summed E-state index contributed by atoms with van der Waals surface area (Å²) in [6.07, 6.45) is 57.2. The Hall–Kier alpha value is -0.0800. The zero-order valence-corrected chi connectivity index (χ0v) is 39.1. The van der Waals surface area contributed by atoms with E-state index in [-0.39, 0.29) is 0 Å². The van der Waals surface area contributed by atoms with Gasteiger partial charge >= 0.3 is 0 Å². The number of likely N-dealkylation sites (tertiary alicyclic amines) is 2. The Labute approximate surface area is 370 Å². The number of nitrogens with zero attached hydrogens (tertiary/aromatic N) is 2. The fourth-order valence-corrected chi connectivity index (χ4v) is 23.4. The van der Waals surface area contributed by atoms with E-state index in [1.165, 1.54) is 0 Å². The predicted molar refractivity (Wildman–Crippen MR) is 248 cm³/mol. The molecule has 2 nitrogen and oxygen atoms in total. The average molecular weight is 819 g/mol. The standard InChI is InChI=1S/C58H94N2/c1-3-19-39-37(17-1)49(33-35-55(39)59-51-29-13-9-21-41(51)42-22-10-14-30-52(42)59)57-45-25-5-7-27-47(45)58(48-28-8-6-26-46(48)57)50-34-36-56(40-20-4-2-18-38(40)50)60-53-31-15-11-23-43(53)44-24-12-16-32-54(44)60/h37-58H,1-36H2. The predicted octanol–water partition coefficient (Wildman–Crippen LogP) is 14.9. The van der Waals surface area contributed by atoms with Crippen LogP contribution in [-0.4, -0.2) is 46.1 Å². The highest BCUT2D eigenvalue weighted by atomic mass is 15.3. The molecule has 13 aliphatic rings. The molecule has 0 N–H and O–H groups in total. The first-order valence-corrected chi connectivity index (χ1v) is 29.4. The molecule has 2 aliphatic heterocycles. The molecule has 0 aromatic heterocycles. The molecule has 0 bridgehead atoms. The van der Waals surface area contributed by atoms with E-state index >= 15 is 0 Å². The minimum atomic E-state index is 0.965. The van der Waals surface area contributed by atoms with Gasteiger partial charge in [-0.1, -0.05) is 103 Å². The van der Waals surface area contributed by atoms with E-state index in [1.54, 1.807) is 231 Å². The van der Waals surface area contributed by atoms with Crippen LogP contribution < -0.4 is 0 Å². The Morgan fingerprint density at radius 1 is 0.150 bits per heavy atom. The summed E-state index contributed by atoms with van der Waals surface area (Å²) in [5.74, 6) is 17.4. The molecule has 2 heterocycles. The fourth-order valence-electron chi connectivity index (χ4n) is 23.4. The third-order valence-electron chi connectivity index (χ3n) is 24.7. The van der Waals surface area contributed by atoms with Crippen molar-refractivity contribution in [2.24, 2.45) is 94.7 Å². The van der Waals surface area contributed by atoms with E-state index in [9.17, 15) is 0 Å². The van der Waals surface area contributed by atoms with Crippen molar-refractivity contribution in [1.82, 2.24) is 9.80 Å². The molecule has 13 fully saturated rings. The Morgan fingerprint density at radius 2 is 0.333 bits per heavy atom. The first-order valence-electron chi connectivity index (χ1n) is 29.4. The monoisotopic (exact) mass is 819 g/mol. The summed E-state index contributed by atoms with van der Waals surface area (Å²) >= 11 is 0. The van der Waals surface area contributed by atoms with Crippen LogP contribution >= 0.6 is 0 Å². The second kappa shape index (κ2) is 17.0. The van der Waals surface area contributed by atoms with Gasteiger partial charge in [-0.15, -0.1) is 0 Å². The van der Waals surface area contributed by atoms with Crippen molar-refractivity contribution in [2.45, 2.75) is 267 Å². The van der Waals surface area contributed by atoms with Crippen LogP contribution in [0.15, 0.2) is 0 Å². The molecular weight excluding hydrogens is 725 g/mol. The van der Waals surface area contributed by atoms with E-state index < -0.39 is 0 Å². The quantitative estimate of drug-likeness (QED) is 0.279. The van der Waals surface area contributed by atoms with Crippen molar-refractivity contribution in [3.05, 3.63) is 0 Å². The second-order valence-electron chi connectivity index (χ2n) is 26.2. The van der Waals surface area contributed by atoms with E-state index in [4.69, 9.17) is 0 Å². The highest BCUT2D eigenvalue weighted by Gasteiger charge is 2.62. The van der Waals surface area contributed by atoms with Gasteiger partial charge in [-0.05, 0) is 223 Å². The van der Waals surface area contributed by atoms with E-state index in [0.29, 0.717) is 0 Å². The topological polar surface area (TPSA) is 6.48 Å². The molecule has 0 aromatic carbocycles. The normalized spacial score (nSPS) is 55.8. The second-order valence-corrected chi connectivity index (χ2v) is 26.2. The largest absolute Gasteiger partial charge is 0.294 e. The molecule has 13 rings (SSSR count). The summed E-state index contributed by atoms with van der Waals surface area (Å²) in [4.78, 5) is 6.86. The lowest BCUT2D eigenvalue weighted by atomic mass is 9.42. The van der Waals surface area contributed by atoms with Crippen LogP contribution in [0, 0.1) is 94.7 Å². The van der Waals surface area contributed by atoms with Gasteiger partial charge in [0, 0.05) is 36.3 Å². The van der Waals surface area contributed by atoms with Gasteiger partial charge in [-0.2, -0.15) is 0 Å². The summed E-state index contributed by atoms with van der Waals surface area (Å²) in [5, 5.41) is 0. The molecule has 336 valence electrons. The molecule has 0 spiro atoms. The lowest BCUT2D eigenvalue weighted by Crippen LogP contribution is -2.60. The van der Waals surface area contributed by atoms with Crippen molar-refractivity contribution >= 4 is 0 Å². The van der Waals surface area contributed by atoms with Gasteiger partial charge in [-0.3, -0.25) is 9.80 Å². The van der Waals surface area contributed by atoms with Gasteiger partial charge in [0.25, 0.3) is 0 Å². The Bertz CT molecular complexity index is 1300. The third kappa shape index (κ3) is 6.50. The lowest BCUT2D eigenvalue weighted by molar-refractivity contribution is -0.154. The molecule has 2 saturated heterocycles. The number of rotatable bonds is 4. The summed E-state index contributed by atoms with van der Waals surface area (Å²) in [5.41, 5.74) is 0. The van der Waals surface area contributed by atoms with Gasteiger partial charge in [0.2, 0.25) is 0 Å². The van der Waals surface area contributed by atoms with Crippen LogP contribution in [0.5, 0.6) is 0 Å². The molecule has 0 aromatic rings. The lowest BCUT2D eigenvalue weighted by Gasteiger charge is -2.64. The minimum absolute atomic E-state index is 0.965. The molecule has 11 saturated carbocycles. The van der Waals surface area contributed by atoms with Crippen molar-refractivity contribution in [2.75, 3.05) is 0 Å². The maximum Gasteiger partial charge on any atom is 0.0133 e. The molecular formula is C58H94N2. The van der Waals surface area contributed by atoms with Crippen LogP contribution in [0.4, 0.5) is 0 Å². The first kappa shape index (κ1) is 40.2. The van der Waals surface area contributed by atoms with Gasteiger partial charge in [0.1, 0.15) is 0 Å². The molecule has 2 heteroatoms. The summed E-state index contributed by atoms with van der Waals surface area (Å²) in [6, 6.07) is 5.85. The van der Waals surface area contributed by atoms with Crippen molar-refractivity contribution < 1.29 is 0 Å². The summed E-state index contributed by atoms with van der Waals surface area (Å²) in [6.45, 7) is 0. The number of fused-ring (bicyclic) bond motifs is 10. The van der Waals surface area contributed by atoms with Crippen molar-refractivity contribution in [1.29, 1.82) is 0 Å². The Morgan fingerprint density at radius 3 is 0.617 bits per heavy atom. The molecule has 60 heavy (non-hydrogen) atoms. The number of hydrogen-bond donors (Lipinski definition) is 0. The summed E-state index contributed by atoms with van der Waals surface area (Å²) in [7, 11) is 0. The highest BCUT2D eigenvalue weighted by molar-refractivity contribution is 5.13. The smallest absolute Gasteiger partial charge is 0.0133 e. The highest BCUT2D eigenvalue weighted by Crippen LogP contribution is 2.67. The van der Waals surface area contributed by atoms with Gasteiger partial charge in [0.15, 0.2) is 0 Å². The Kier molecular flexibility index (Phi) is 11.4. The van der Waals surface area contributed by atoms with Crippen LogP contribution in [0.3, 0.4) is 0 Å². The third-order valence-corrected chi connectivity index (χ3v) is 24.7. The van der Waals surface area contributed by atoms with Crippen molar-refractivity contribution in [3.63, 3.8) is 0 Å². The summed E-state index contributed by atoms with van der Waals surface area (Å²) < 4.78 is 0. The minimum Gasteiger partial charge on any atom is -0.294 e. The average Bonchev–Trinajstić information content (AvgIpc) is 3.83. The zero-order chi connectivity index (χ0) is 39.3. The number of hydrogen-bond acceptors (Lipinski definition) is 2. The van der Waals surface area contributed by atoms with Crippen LogP contribution in [0.2, 0.25) is 0 Å². The van der Waals surface area contributed by atoms with E-state index in [0.717, 1.165) is 131 Å². The zero-order valence-electron chi connectivity index (χ0n) is 39.1. The van der Waals surface area contributed by atoms with E-state index in [2.05, 4.69) is 9.80 Å². The molecule has 20 atom stereocenters. The molecule has 0 radical (unpaired) electrons. The molecule has 20 unspecified atom stereocenters. The molecule has 11 aliphatic carbocycles. The fraction of sp³-hybridized carbons (Fsp3) is 1.00. The van der Waals surface area contributed by atoms with Crippen LogP contribution in [-0.2, 0) is 0 Å². The van der Waals surface area contributed by atoms with Crippen LogP contribution in [0.1, 0.15) is 231 Å².